The molecule has 3 heterocycles. The number of thiophene rings is 1. The molecule has 2 amide bonds. The smallest absolute Gasteiger partial charge is 0.222 e. The molecule has 5 rings (SSSR count). The highest BCUT2D eigenvalue weighted by molar-refractivity contribution is 7.07. The number of carbonyl (C=O) groups excluding carboxylic acids is 2. The molecule has 0 spiro atoms. The van der Waals surface area contributed by atoms with Crippen molar-refractivity contribution in [3.8, 4) is 0 Å². The number of hydrogen-bond acceptors (Lipinski definition) is 4. The van der Waals surface area contributed by atoms with Crippen LogP contribution in [0.15, 0.2) is 59.3 Å². The summed E-state index contributed by atoms with van der Waals surface area (Å²) in [4.78, 5) is 29.7. The average Bonchev–Trinajstić information content (AvgIpc) is 3.48. The van der Waals surface area contributed by atoms with Crippen LogP contribution in [0.3, 0.4) is 0 Å². The minimum atomic E-state index is -0.336. The first-order valence-electron chi connectivity index (χ1n) is 11.9. The summed E-state index contributed by atoms with van der Waals surface area (Å²) in [6.07, 6.45) is 3.27. The number of nitrogens with zero attached hydrogens (tertiary/aromatic N) is 2. The SMILES string of the molecule is O=C1CC[C@](CCC(=O)N2CCN(Cc3ccsc3)CC2)(Cc2cccc3ccccc23)N1. The maximum absolute atomic E-state index is 13.1. The molecule has 0 bridgehead atoms. The van der Waals surface area contributed by atoms with E-state index in [0.717, 1.165) is 45.6 Å². The van der Waals surface area contributed by atoms with Crippen molar-refractivity contribution in [2.24, 2.45) is 0 Å². The molecule has 2 fully saturated rings. The molecule has 5 nitrogen and oxygen atoms in total. The zero-order valence-electron chi connectivity index (χ0n) is 19.0. The van der Waals surface area contributed by atoms with Gasteiger partial charge in [-0.3, -0.25) is 14.5 Å². The lowest BCUT2D eigenvalue weighted by molar-refractivity contribution is -0.133. The first-order chi connectivity index (χ1) is 16.1. The quantitative estimate of drug-likeness (QED) is 0.573. The fraction of sp³-hybridized carbons (Fsp3) is 0.407. The highest BCUT2D eigenvalue weighted by Crippen LogP contribution is 2.32. The van der Waals surface area contributed by atoms with Gasteiger partial charge in [-0.15, -0.1) is 0 Å². The molecule has 2 aromatic carbocycles. The first kappa shape index (κ1) is 22.1. The highest BCUT2D eigenvalue weighted by atomic mass is 32.1. The monoisotopic (exact) mass is 461 g/mol. The number of piperazine rings is 1. The van der Waals surface area contributed by atoms with Crippen molar-refractivity contribution in [2.75, 3.05) is 26.2 Å². The molecule has 1 aromatic heterocycles. The van der Waals surface area contributed by atoms with Gasteiger partial charge in [-0.25, -0.2) is 0 Å². The molecule has 2 aliphatic rings. The van der Waals surface area contributed by atoms with Crippen LogP contribution in [0.4, 0.5) is 0 Å². The fourth-order valence-corrected chi connectivity index (χ4v) is 5.95. The highest BCUT2D eigenvalue weighted by Gasteiger charge is 2.38. The predicted octanol–water partition coefficient (Wildman–Crippen LogP) is 4.22. The molecule has 0 unspecified atom stereocenters. The van der Waals surface area contributed by atoms with Crippen LogP contribution in [-0.2, 0) is 22.6 Å². The number of rotatable bonds is 7. The van der Waals surface area contributed by atoms with Crippen molar-refractivity contribution in [1.29, 1.82) is 0 Å². The summed E-state index contributed by atoms with van der Waals surface area (Å²) in [6, 6.07) is 16.9. The fourth-order valence-electron chi connectivity index (χ4n) is 5.29. The lowest BCUT2D eigenvalue weighted by Gasteiger charge is -2.36. The van der Waals surface area contributed by atoms with E-state index in [1.54, 1.807) is 11.3 Å². The largest absolute Gasteiger partial charge is 0.350 e. The van der Waals surface area contributed by atoms with Crippen LogP contribution in [0.1, 0.15) is 36.8 Å². The molecule has 0 radical (unpaired) electrons. The van der Waals surface area contributed by atoms with Crippen LogP contribution < -0.4 is 5.32 Å². The van der Waals surface area contributed by atoms with Gasteiger partial charge in [0.2, 0.25) is 11.8 Å². The molecule has 1 N–H and O–H groups in total. The summed E-state index contributed by atoms with van der Waals surface area (Å²) < 4.78 is 0. The van der Waals surface area contributed by atoms with Crippen LogP contribution in [0.2, 0.25) is 0 Å². The third-order valence-electron chi connectivity index (χ3n) is 7.17. The molecule has 3 aromatic rings. The second kappa shape index (κ2) is 9.65. The van der Waals surface area contributed by atoms with E-state index in [0.29, 0.717) is 19.3 Å². The predicted molar refractivity (Wildman–Crippen MR) is 133 cm³/mol. The van der Waals surface area contributed by atoms with E-state index in [9.17, 15) is 9.59 Å². The van der Waals surface area contributed by atoms with Gasteiger partial charge >= 0.3 is 0 Å². The van der Waals surface area contributed by atoms with Crippen LogP contribution >= 0.6 is 11.3 Å². The molecule has 6 heteroatoms. The number of carbonyl (C=O) groups is 2. The van der Waals surface area contributed by atoms with Crippen LogP contribution in [0, 0.1) is 0 Å². The first-order valence-corrected chi connectivity index (χ1v) is 12.8. The zero-order valence-corrected chi connectivity index (χ0v) is 19.8. The summed E-state index contributed by atoms with van der Waals surface area (Å²) in [5.74, 6) is 0.313. The Bertz CT molecular complexity index is 1120. The van der Waals surface area contributed by atoms with Gasteiger partial charge in [-0.2, -0.15) is 11.3 Å². The summed E-state index contributed by atoms with van der Waals surface area (Å²) >= 11 is 1.73. The second-order valence-electron chi connectivity index (χ2n) is 9.43. The number of amides is 2. The zero-order chi connectivity index (χ0) is 22.7. The molecular weight excluding hydrogens is 430 g/mol. The van der Waals surface area contributed by atoms with Gasteiger partial charge in [0, 0.05) is 51.1 Å². The van der Waals surface area contributed by atoms with Crippen molar-refractivity contribution in [3.63, 3.8) is 0 Å². The Hall–Kier alpha value is -2.70. The molecule has 2 aliphatic heterocycles. The van der Waals surface area contributed by atoms with Crippen molar-refractivity contribution in [3.05, 3.63) is 70.4 Å². The van der Waals surface area contributed by atoms with Crippen LogP contribution in [-0.4, -0.2) is 53.3 Å². The summed E-state index contributed by atoms with van der Waals surface area (Å²) in [5.41, 5.74) is 2.26. The minimum Gasteiger partial charge on any atom is -0.350 e. The summed E-state index contributed by atoms with van der Waals surface area (Å²) in [6.45, 7) is 4.36. The van der Waals surface area contributed by atoms with Gasteiger partial charge in [0.15, 0.2) is 0 Å². The Labute approximate surface area is 199 Å². The van der Waals surface area contributed by atoms with E-state index in [-0.39, 0.29) is 17.4 Å². The molecule has 172 valence electrons. The number of benzene rings is 2. The van der Waals surface area contributed by atoms with Gasteiger partial charge in [0.05, 0.1) is 0 Å². The Morgan fingerprint density at radius 3 is 2.61 bits per heavy atom. The van der Waals surface area contributed by atoms with E-state index < -0.39 is 0 Å². The van der Waals surface area contributed by atoms with Crippen molar-refractivity contribution >= 4 is 33.9 Å². The summed E-state index contributed by atoms with van der Waals surface area (Å²) in [5, 5.41) is 10.0. The Morgan fingerprint density at radius 1 is 1.03 bits per heavy atom. The number of nitrogens with one attached hydrogen (secondary N) is 1. The van der Waals surface area contributed by atoms with E-state index >= 15 is 0 Å². The van der Waals surface area contributed by atoms with Crippen LogP contribution in [0.5, 0.6) is 0 Å². The maximum atomic E-state index is 13.1. The van der Waals surface area contributed by atoms with Gasteiger partial charge < -0.3 is 10.2 Å². The molecule has 0 saturated carbocycles. The van der Waals surface area contributed by atoms with Crippen LogP contribution in [0.25, 0.3) is 10.8 Å². The number of fused-ring (bicyclic) bond motifs is 1. The van der Waals surface area contributed by atoms with E-state index in [4.69, 9.17) is 0 Å². The standard InChI is InChI=1S/C27H31N3O2S/c31-25-8-11-27(28-25,18-23-6-3-5-22-4-1-2-7-24(22)23)12-9-26(32)30-15-13-29(14-16-30)19-21-10-17-33-20-21/h1-7,10,17,20H,8-9,11-16,18-19H2,(H,28,31)/t27-/m0/s1. The topological polar surface area (TPSA) is 52.7 Å². The van der Waals surface area contributed by atoms with Gasteiger partial charge in [-0.1, -0.05) is 42.5 Å². The lowest BCUT2D eigenvalue weighted by atomic mass is 9.83. The third-order valence-corrected chi connectivity index (χ3v) is 7.90. The van der Waals surface area contributed by atoms with Crippen molar-refractivity contribution < 1.29 is 9.59 Å². The molecule has 0 aliphatic carbocycles. The van der Waals surface area contributed by atoms with Gasteiger partial charge in [0.25, 0.3) is 0 Å². The van der Waals surface area contributed by atoms with E-state index in [1.807, 2.05) is 4.90 Å². The molecule has 1 atom stereocenters. The number of hydrogen-bond donors (Lipinski definition) is 1. The molecule has 33 heavy (non-hydrogen) atoms. The third kappa shape index (κ3) is 5.12. The normalized spacial score (nSPS) is 21.5. The van der Waals surface area contributed by atoms with Crippen molar-refractivity contribution in [1.82, 2.24) is 15.1 Å². The lowest BCUT2D eigenvalue weighted by Crippen LogP contribution is -2.49. The molecular formula is C27H31N3O2S. The molecule has 2 saturated heterocycles. The average molecular weight is 462 g/mol. The summed E-state index contributed by atoms with van der Waals surface area (Å²) in [7, 11) is 0. The van der Waals surface area contributed by atoms with Gasteiger partial charge in [0.1, 0.15) is 0 Å². The Balaban J connectivity index is 1.21. The minimum absolute atomic E-state index is 0.102. The maximum Gasteiger partial charge on any atom is 0.222 e. The Kier molecular flexibility index (Phi) is 6.47. The Morgan fingerprint density at radius 2 is 1.85 bits per heavy atom. The van der Waals surface area contributed by atoms with E-state index in [2.05, 4.69) is 69.5 Å². The van der Waals surface area contributed by atoms with Crippen molar-refractivity contribution in [2.45, 2.75) is 44.2 Å². The van der Waals surface area contributed by atoms with Gasteiger partial charge in [-0.05, 0) is 58.0 Å². The van der Waals surface area contributed by atoms with E-state index in [1.165, 1.54) is 21.9 Å². The second-order valence-corrected chi connectivity index (χ2v) is 10.2.